The average molecular weight is 315 g/mol. The molecule has 23 heavy (non-hydrogen) atoms. The average Bonchev–Trinajstić information content (AvgIpc) is 2.85. The number of fused-ring (bicyclic) bond motifs is 2. The van der Waals surface area contributed by atoms with Crippen molar-refractivity contribution in [1.29, 1.82) is 0 Å². The Morgan fingerprint density at radius 1 is 1.39 bits per heavy atom. The third kappa shape index (κ3) is 2.33. The normalized spacial score (nSPS) is 29.7. The number of carbonyl (C=O) groups is 1. The first kappa shape index (κ1) is 15.6. The first-order valence-corrected chi connectivity index (χ1v) is 7.87. The largest absolute Gasteiger partial charge is 0.271 e. The molecule has 0 heterocycles. The minimum atomic E-state index is -0.512. The first-order valence-electron chi connectivity index (χ1n) is 7.87. The number of non-ortho nitro benzene ring substituents is 1. The van der Waals surface area contributed by atoms with Crippen LogP contribution in [0.15, 0.2) is 29.4 Å². The van der Waals surface area contributed by atoms with E-state index in [0.717, 1.165) is 18.6 Å². The number of nitrogens with one attached hydrogen (secondary N) is 1. The summed E-state index contributed by atoms with van der Waals surface area (Å²) >= 11 is 0. The van der Waals surface area contributed by atoms with Gasteiger partial charge in [0.2, 0.25) is 0 Å². The molecule has 1 aromatic rings. The molecule has 2 bridgehead atoms. The van der Waals surface area contributed by atoms with Crippen molar-refractivity contribution in [1.82, 2.24) is 5.43 Å². The fourth-order valence-corrected chi connectivity index (χ4v) is 4.04. The predicted molar refractivity (Wildman–Crippen MR) is 87.2 cm³/mol. The lowest BCUT2D eigenvalue weighted by Gasteiger charge is -2.34. The van der Waals surface area contributed by atoms with Gasteiger partial charge in [0, 0.05) is 28.8 Å². The van der Waals surface area contributed by atoms with Gasteiger partial charge in [0.25, 0.3) is 11.6 Å². The highest BCUT2D eigenvalue weighted by molar-refractivity contribution is 5.98. The van der Waals surface area contributed by atoms with E-state index in [-0.39, 0.29) is 22.1 Å². The summed E-state index contributed by atoms with van der Waals surface area (Å²) in [5.41, 5.74) is 3.99. The molecule has 2 saturated carbocycles. The van der Waals surface area contributed by atoms with Crippen molar-refractivity contribution >= 4 is 17.3 Å². The fourth-order valence-electron chi connectivity index (χ4n) is 4.04. The Kier molecular flexibility index (Phi) is 3.50. The van der Waals surface area contributed by atoms with E-state index in [0.29, 0.717) is 5.92 Å². The zero-order chi connectivity index (χ0) is 16.8. The number of nitro benzene ring substituents is 1. The second-order valence-electron chi connectivity index (χ2n) is 7.30. The first-order chi connectivity index (χ1) is 10.8. The SMILES string of the molecule is CC1(C)[C@H]2CC[C@]1(C)/C(=N\NC(=O)c1cccc([N+](=O)[O-])c1)C2. The summed E-state index contributed by atoms with van der Waals surface area (Å²) in [6.07, 6.45) is 3.22. The van der Waals surface area contributed by atoms with Gasteiger partial charge in [-0.2, -0.15) is 5.10 Å². The van der Waals surface area contributed by atoms with Gasteiger partial charge in [-0.25, -0.2) is 5.43 Å². The van der Waals surface area contributed by atoms with Crippen LogP contribution in [0.3, 0.4) is 0 Å². The molecule has 0 aliphatic heterocycles. The zero-order valence-electron chi connectivity index (χ0n) is 13.6. The van der Waals surface area contributed by atoms with Crippen LogP contribution in [0.5, 0.6) is 0 Å². The van der Waals surface area contributed by atoms with Crippen molar-refractivity contribution in [3.8, 4) is 0 Å². The molecule has 0 aromatic heterocycles. The number of rotatable bonds is 3. The van der Waals surface area contributed by atoms with E-state index < -0.39 is 10.8 Å². The molecule has 0 spiro atoms. The van der Waals surface area contributed by atoms with Gasteiger partial charge in [-0.3, -0.25) is 14.9 Å². The molecule has 2 aliphatic rings. The maximum atomic E-state index is 12.2. The van der Waals surface area contributed by atoms with E-state index >= 15 is 0 Å². The maximum absolute atomic E-state index is 12.2. The summed E-state index contributed by atoms with van der Waals surface area (Å²) < 4.78 is 0. The van der Waals surface area contributed by atoms with Crippen LogP contribution < -0.4 is 5.43 Å². The lowest BCUT2D eigenvalue weighted by atomic mass is 9.70. The quantitative estimate of drug-likeness (QED) is 0.684. The highest BCUT2D eigenvalue weighted by Crippen LogP contribution is 2.63. The molecule has 3 rings (SSSR count). The van der Waals surface area contributed by atoms with E-state index in [1.54, 1.807) is 6.07 Å². The lowest BCUT2D eigenvalue weighted by molar-refractivity contribution is -0.384. The van der Waals surface area contributed by atoms with Crippen LogP contribution in [-0.4, -0.2) is 16.5 Å². The summed E-state index contributed by atoms with van der Waals surface area (Å²) in [6, 6.07) is 5.68. The zero-order valence-corrected chi connectivity index (χ0v) is 13.6. The van der Waals surface area contributed by atoms with Gasteiger partial charge in [-0.1, -0.05) is 26.8 Å². The molecule has 2 fully saturated rings. The summed E-state index contributed by atoms with van der Waals surface area (Å²) in [5, 5.41) is 15.2. The van der Waals surface area contributed by atoms with Crippen LogP contribution in [0.1, 0.15) is 50.4 Å². The Morgan fingerprint density at radius 2 is 2.13 bits per heavy atom. The van der Waals surface area contributed by atoms with Crippen molar-refractivity contribution in [3.63, 3.8) is 0 Å². The number of hydrazone groups is 1. The fraction of sp³-hybridized carbons (Fsp3) is 0.529. The van der Waals surface area contributed by atoms with Gasteiger partial charge < -0.3 is 0 Å². The van der Waals surface area contributed by atoms with Gasteiger partial charge in [-0.15, -0.1) is 0 Å². The Morgan fingerprint density at radius 3 is 2.70 bits per heavy atom. The van der Waals surface area contributed by atoms with Crippen LogP contribution in [0.2, 0.25) is 0 Å². The minimum Gasteiger partial charge on any atom is -0.267 e. The highest BCUT2D eigenvalue weighted by Gasteiger charge is 2.60. The van der Waals surface area contributed by atoms with Crippen molar-refractivity contribution in [3.05, 3.63) is 39.9 Å². The predicted octanol–water partition coefficient (Wildman–Crippen LogP) is 3.53. The topological polar surface area (TPSA) is 84.6 Å². The minimum absolute atomic E-state index is 0.0215. The lowest BCUT2D eigenvalue weighted by Crippen LogP contribution is -2.34. The van der Waals surface area contributed by atoms with Crippen LogP contribution >= 0.6 is 0 Å². The third-order valence-electron chi connectivity index (χ3n) is 6.12. The molecular formula is C17H21N3O3. The molecule has 2 aliphatic carbocycles. The molecule has 0 saturated heterocycles. The Labute approximate surface area is 135 Å². The Hall–Kier alpha value is -2.24. The monoisotopic (exact) mass is 315 g/mol. The van der Waals surface area contributed by atoms with E-state index in [1.807, 2.05) is 0 Å². The number of nitro groups is 1. The van der Waals surface area contributed by atoms with E-state index in [1.165, 1.54) is 24.6 Å². The standard InChI is InChI=1S/C17H21N3O3/c1-16(2)12-7-8-17(16,3)14(10-12)18-19-15(21)11-5-4-6-13(9-11)20(22)23/h4-6,9,12H,7-8,10H2,1-3H3,(H,19,21)/b18-14-/t12-,17+/m0/s1. The number of nitrogens with zero attached hydrogens (tertiary/aromatic N) is 2. The molecular weight excluding hydrogens is 294 g/mol. The Balaban J connectivity index is 1.78. The summed E-state index contributed by atoms with van der Waals surface area (Å²) in [4.78, 5) is 22.5. The summed E-state index contributed by atoms with van der Waals surface area (Å²) in [6.45, 7) is 6.77. The molecule has 1 amide bonds. The Bertz CT molecular complexity index is 711. The number of amides is 1. The molecule has 6 nitrogen and oxygen atoms in total. The van der Waals surface area contributed by atoms with Gasteiger partial charge in [0.15, 0.2) is 0 Å². The van der Waals surface area contributed by atoms with Gasteiger partial charge in [0.1, 0.15) is 0 Å². The summed E-state index contributed by atoms with van der Waals surface area (Å²) in [7, 11) is 0. The van der Waals surface area contributed by atoms with Crippen LogP contribution in [0, 0.1) is 26.9 Å². The van der Waals surface area contributed by atoms with Crippen LogP contribution in [0.25, 0.3) is 0 Å². The van der Waals surface area contributed by atoms with Gasteiger partial charge in [0.05, 0.1) is 4.92 Å². The molecule has 122 valence electrons. The van der Waals surface area contributed by atoms with Crippen molar-refractivity contribution in [2.24, 2.45) is 21.8 Å². The van der Waals surface area contributed by atoms with E-state index in [4.69, 9.17) is 0 Å². The molecule has 6 heteroatoms. The number of hydrogen-bond donors (Lipinski definition) is 1. The number of benzene rings is 1. The van der Waals surface area contributed by atoms with Gasteiger partial charge in [-0.05, 0) is 36.7 Å². The number of hydrogen-bond acceptors (Lipinski definition) is 4. The smallest absolute Gasteiger partial charge is 0.267 e. The third-order valence-corrected chi connectivity index (χ3v) is 6.12. The van der Waals surface area contributed by atoms with Crippen molar-refractivity contribution < 1.29 is 9.72 Å². The molecule has 0 radical (unpaired) electrons. The van der Waals surface area contributed by atoms with Crippen LogP contribution in [-0.2, 0) is 0 Å². The van der Waals surface area contributed by atoms with E-state index in [2.05, 4.69) is 31.3 Å². The second-order valence-corrected chi connectivity index (χ2v) is 7.30. The molecule has 1 aromatic carbocycles. The van der Waals surface area contributed by atoms with E-state index in [9.17, 15) is 14.9 Å². The van der Waals surface area contributed by atoms with Crippen molar-refractivity contribution in [2.45, 2.75) is 40.0 Å². The van der Waals surface area contributed by atoms with Crippen molar-refractivity contribution in [2.75, 3.05) is 0 Å². The number of carbonyl (C=O) groups excluding carboxylic acids is 1. The molecule has 2 atom stereocenters. The second kappa shape index (κ2) is 5.15. The molecule has 1 N–H and O–H groups in total. The maximum Gasteiger partial charge on any atom is 0.271 e. The van der Waals surface area contributed by atoms with Crippen LogP contribution in [0.4, 0.5) is 5.69 Å². The van der Waals surface area contributed by atoms with Gasteiger partial charge >= 0.3 is 0 Å². The highest BCUT2D eigenvalue weighted by atomic mass is 16.6. The summed E-state index contributed by atoms with van der Waals surface area (Å²) in [5.74, 6) is 0.200. The molecule has 0 unspecified atom stereocenters.